The summed E-state index contributed by atoms with van der Waals surface area (Å²) in [5.41, 5.74) is 2.53. The summed E-state index contributed by atoms with van der Waals surface area (Å²) in [4.78, 5) is 16.6. The van der Waals surface area contributed by atoms with Gasteiger partial charge in [-0.3, -0.25) is 5.10 Å². The molecule has 0 saturated heterocycles. The van der Waals surface area contributed by atoms with Crippen molar-refractivity contribution < 1.29 is 4.79 Å². The second-order valence-electron chi connectivity index (χ2n) is 5.67. The van der Waals surface area contributed by atoms with Gasteiger partial charge < -0.3 is 10.6 Å². The van der Waals surface area contributed by atoms with Gasteiger partial charge in [0.25, 0.3) is 0 Å². The molecule has 25 heavy (non-hydrogen) atoms. The van der Waals surface area contributed by atoms with Gasteiger partial charge in [-0.25, -0.2) is 9.78 Å². The monoisotopic (exact) mass is 399 g/mol. The summed E-state index contributed by atoms with van der Waals surface area (Å²) < 4.78 is 0.963. The van der Waals surface area contributed by atoms with Crippen molar-refractivity contribution in [3.05, 3.63) is 64.4 Å². The number of rotatable bonds is 4. The summed E-state index contributed by atoms with van der Waals surface area (Å²) in [7, 11) is 0. The number of hydrogen-bond donors (Lipinski definition) is 3. The van der Waals surface area contributed by atoms with E-state index < -0.39 is 0 Å². The molecule has 0 aliphatic carbocycles. The Kier molecular flexibility index (Phi) is 5.14. The zero-order valence-corrected chi connectivity index (χ0v) is 15.5. The molecule has 0 bridgehead atoms. The molecule has 0 spiro atoms. The standard InChI is InChI=1S/C18H18BrN5O/c1-11(15-8-3-4-9-16(15)19)20-18(25)22-14-7-5-6-13(10-14)17-21-12(2)23-24-17/h3-11H,1-2H3,(H2,20,22,25)(H,21,23,24). The van der Waals surface area contributed by atoms with E-state index in [9.17, 15) is 4.79 Å². The molecule has 3 N–H and O–H groups in total. The molecule has 128 valence electrons. The Balaban J connectivity index is 1.68. The SMILES string of the molecule is Cc1nc(-c2cccc(NC(=O)NC(C)c3ccccc3Br)c2)n[nH]1. The van der Waals surface area contributed by atoms with Gasteiger partial charge in [-0.05, 0) is 37.6 Å². The van der Waals surface area contributed by atoms with Gasteiger partial charge in [-0.2, -0.15) is 5.10 Å². The highest BCUT2D eigenvalue weighted by Gasteiger charge is 2.12. The largest absolute Gasteiger partial charge is 0.331 e. The van der Waals surface area contributed by atoms with Crippen LogP contribution in [0.5, 0.6) is 0 Å². The highest BCUT2D eigenvalue weighted by molar-refractivity contribution is 9.10. The van der Waals surface area contributed by atoms with E-state index in [4.69, 9.17) is 0 Å². The van der Waals surface area contributed by atoms with Gasteiger partial charge in [0.2, 0.25) is 0 Å². The number of nitrogens with zero attached hydrogens (tertiary/aromatic N) is 2. The average molecular weight is 400 g/mol. The van der Waals surface area contributed by atoms with E-state index in [2.05, 4.69) is 41.7 Å². The summed E-state index contributed by atoms with van der Waals surface area (Å²) in [6.45, 7) is 3.78. The Morgan fingerprint density at radius 2 is 2.00 bits per heavy atom. The molecule has 7 heteroatoms. The van der Waals surface area contributed by atoms with Crippen LogP contribution in [0.4, 0.5) is 10.5 Å². The first-order chi connectivity index (χ1) is 12.0. The lowest BCUT2D eigenvalue weighted by Crippen LogP contribution is -2.31. The van der Waals surface area contributed by atoms with Crippen LogP contribution in [0.2, 0.25) is 0 Å². The van der Waals surface area contributed by atoms with Crippen molar-refractivity contribution in [1.29, 1.82) is 0 Å². The van der Waals surface area contributed by atoms with Crippen molar-refractivity contribution >= 4 is 27.6 Å². The van der Waals surface area contributed by atoms with Crippen LogP contribution in [0.3, 0.4) is 0 Å². The predicted molar refractivity (Wildman–Crippen MR) is 101 cm³/mol. The number of benzene rings is 2. The van der Waals surface area contributed by atoms with E-state index >= 15 is 0 Å². The third kappa shape index (κ3) is 4.24. The van der Waals surface area contributed by atoms with Crippen LogP contribution in [-0.4, -0.2) is 21.2 Å². The van der Waals surface area contributed by atoms with Crippen molar-refractivity contribution in [1.82, 2.24) is 20.5 Å². The quantitative estimate of drug-likeness (QED) is 0.606. The average Bonchev–Trinajstić information content (AvgIpc) is 3.02. The summed E-state index contributed by atoms with van der Waals surface area (Å²) in [6, 6.07) is 14.8. The Morgan fingerprint density at radius 1 is 1.20 bits per heavy atom. The van der Waals surface area contributed by atoms with Crippen molar-refractivity contribution in [3.63, 3.8) is 0 Å². The van der Waals surface area contributed by atoms with Gasteiger partial charge in [0.15, 0.2) is 5.82 Å². The number of carbonyl (C=O) groups excluding carboxylic acids is 1. The Bertz CT molecular complexity index is 892. The lowest BCUT2D eigenvalue weighted by atomic mass is 10.1. The highest BCUT2D eigenvalue weighted by atomic mass is 79.9. The molecule has 2 amide bonds. The molecule has 1 aromatic heterocycles. The maximum atomic E-state index is 12.3. The Morgan fingerprint density at radius 3 is 2.72 bits per heavy atom. The number of aryl methyl sites for hydroxylation is 1. The Labute approximate surface area is 154 Å². The summed E-state index contributed by atoms with van der Waals surface area (Å²) in [5, 5.41) is 12.7. The van der Waals surface area contributed by atoms with Gasteiger partial charge in [0.05, 0.1) is 6.04 Å². The van der Waals surface area contributed by atoms with Crippen LogP contribution in [-0.2, 0) is 0 Å². The number of anilines is 1. The minimum absolute atomic E-state index is 0.130. The molecule has 0 aliphatic rings. The number of carbonyl (C=O) groups is 1. The molecular weight excluding hydrogens is 382 g/mol. The number of aromatic nitrogens is 3. The van der Waals surface area contributed by atoms with E-state index in [0.29, 0.717) is 11.5 Å². The van der Waals surface area contributed by atoms with Gasteiger partial charge in [0.1, 0.15) is 5.82 Å². The summed E-state index contributed by atoms with van der Waals surface area (Å²) >= 11 is 3.50. The molecule has 0 aliphatic heterocycles. The summed E-state index contributed by atoms with van der Waals surface area (Å²) in [6.07, 6.45) is 0. The number of amides is 2. The van der Waals surface area contributed by atoms with Crippen LogP contribution in [0.25, 0.3) is 11.4 Å². The molecule has 3 rings (SSSR count). The molecule has 1 heterocycles. The second kappa shape index (κ2) is 7.48. The molecule has 0 radical (unpaired) electrons. The minimum atomic E-state index is -0.272. The molecule has 3 aromatic rings. The van der Waals surface area contributed by atoms with E-state index in [-0.39, 0.29) is 12.1 Å². The third-order valence-electron chi connectivity index (χ3n) is 3.70. The number of hydrogen-bond acceptors (Lipinski definition) is 3. The lowest BCUT2D eigenvalue weighted by molar-refractivity contribution is 0.249. The van der Waals surface area contributed by atoms with Crippen LogP contribution >= 0.6 is 15.9 Å². The number of halogens is 1. The van der Waals surface area contributed by atoms with Crippen molar-refractivity contribution in [2.45, 2.75) is 19.9 Å². The molecular formula is C18H18BrN5O. The first-order valence-corrected chi connectivity index (χ1v) is 8.63. The van der Waals surface area contributed by atoms with Gasteiger partial charge >= 0.3 is 6.03 Å². The molecule has 0 fully saturated rings. The van der Waals surface area contributed by atoms with Crippen LogP contribution < -0.4 is 10.6 Å². The number of nitrogens with one attached hydrogen (secondary N) is 3. The number of urea groups is 1. The fourth-order valence-electron chi connectivity index (χ4n) is 2.48. The fraction of sp³-hybridized carbons (Fsp3) is 0.167. The topological polar surface area (TPSA) is 82.7 Å². The van der Waals surface area contributed by atoms with E-state index in [1.807, 2.05) is 62.4 Å². The van der Waals surface area contributed by atoms with Gasteiger partial charge in [-0.1, -0.05) is 46.3 Å². The third-order valence-corrected chi connectivity index (χ3v) is 4.42. The summed E-state index contributed by atoms with van der Waals surface area (Å²) in [5.74, 6) is 1.34. The smallest absolute Gasteiger partial charge is 0.319 e. The predicted octanol–water partition coefficient (Wildman–Crippen LogP) is 4.43. The second-order valence-corrected chi connectivity index (χ2v) is 6.52. The van der Waals surface area contributed by atoms with E-state index in [1.165, 1.54) is 0 Å². The van der Waals surface area contributed by atoms with Crippen molar-refractivity contribution in [2.24, 2.45) is 0 Å². The Hall–Kier alpha value is -2.67. The van der Waals surface area contributed by atoms with Crippen LogP contribution in [0.15, 0.2) is 53.0 Å². The maximum Gasteiger partial charge on any atom is 0.319 e. The molecule has 1 atom stereocenters. The zero-order chi connectivity index (χ0) is 17.8. The van der Waals surface area contributed by atoms with Gasteiger partial charge in [-0.15, -0.1) is 0 Å². The number of aromatic amines is 1. The van der Waals surface area contributed by atoms with Gasteiger partial charge in [0, 0.05) is 15.7 Å². The first-order valence-electron chi connectivity index (χ1n) is 7.84. The zero-order valence-electron chi connectivity index (χ0n) is 13.9. The van der Waals surface area contributed by atoms with E-state index in [0.717, 1.165) is 21.4 Å². The van der Waals surface area contributed by atoms with Crippen LogP contribution in [0.1, 0.15) is 24.4 Å². The fourth-order valence-corrected chi connectivity index (χ4v) is 3.10. The van der Waals surface area contributed by atoms with Crippen molar-refractivity contribution in [2.75, 3.05) is 5.32 Å². The lowest BCUT2D eigenvalue weighted by Gasteiger charge is -2.16. The first kappa shape index (κ1) is 17.2. The van der Waals surface area contributed by atoms with E-state index in [1.54, 1.807) is 0 Å². The molecule has 0 saturated carbocycles. The van der Waals surface area contributed by atoms with Crippen LogP contribution in [0, 0.1) is 6.92 Å². The molecule has 2 aromatic carbocycles. The number of H-pyrrole nitrogens is 1. The minimum Gasteiger partial charge on any atom is -0.331 e. The molecule has 1 unspecified atom stereocenters. The van der Waals surface area contributed by atoms with Crippen molar-refractivity contribution in [3.8, 4) is 11.4 Å². The highest BCUT2D eigenvalue weighted by Crippen LogP contribution is 2.23. The molecule has 6 nitrogen and oxygen atoms in total. The normalized spacial score (nSPS) is 11.8. The maximum absolute atomic E-state index is 12.3.